The van der Waals surface area contributed by atoms with Crippen molar-refractivity contribution in [2.24, 2.45) is 0 Å². The fourth-order valence-electron chi connectivity index (χ4n) is 2.83. The number of nitrogens with two attached hydrogens (primary N) is 1. The molecule has 0 spiro atoms. The van der Waals surface area contributed by atoms with Gasteiger partial charge in [0.15, 0.2) is 5.56 Å². The molecule has 0 amide bonds. The summed E-state index contributed by atoms with van der Waals surface area (Å²) >= 11 is 0. The van der Waals surface area contributed by atoms with Crippen LogP contribution in [0.1, 0.15) is 33.4 Å². The van der Waals surface area contributed by atoms with E-state index in [4.69, 9.17) is 10.5 Å². The second kappa shape index (κ2) is 7.32. The van der Waals surface area contributed by atoms with Crippen molar-refractivity contribution in [2.45, 2.75) is 33.9 Å². The second-order valence-electron chi connectivity index (χ2n) is 6.48. The summed E-state index contributed by atoms with van der Waals surface area (Å²) in [5.41, 5.74) is 12.0. The third kappa shape index (κ3) is 3.55. The molecule has 0 bridgehead atoms. The Kier molecular flexibility index (Phi) is 4.94. The highest BCUT2D eigenvalue weighted by atomic mass is 16.5. The molecule has 3 aromatic rings. The number of hydrogen-bond acceptors (Lipinski definition) is 4. The smallest absolute Gasteiger partial charge is 0.253 e. The normalized spacial score (nSPS) is 10.5. The first-order valence-corrected chi connectivity index (χ1v) is 8.49. The lowest BCUT2D eigenvalue weighted by molar-refractivity contribution is 0.288. The highest BCUT2D eigenvalue weighted by Gasteiger charge is 2.18. The molecule has 3 rings (SSSR count). The van der Waals surface area contributed by atoms with Crippen LogP contribution >= 0.6 is 0 Å². The number of nitrogens with zero attached hydrogens (tertiary/aromatic N) is 3. The van der Waals surface area contributed by atoms with Gasteiger partial charge in [-0.3, -0.25) is 0 Å². The lowest BCUT2D eigenvalue weighted by Gasteiger charge is -2.08. The van der Waals surface area contributed by atoms with Crippen molar-refractivity contribution >= 4 is 5.82 Å². The minimum atomic E-state index is 0.277. The Morgan fingerprint density at radius 1 is 1.08 bits per heavy atom. The van der Waals surface area contributed by atoms with E-state index in [9.17, 15) is 5.26 Å². The maximum Gasteiger partial charge on any atom is 0.253 e. The molecule has 2 aromatic carbocycles. The largest absolute Gasteiger partial charge is 0.471 e. The Morgan fingerprint density at radius 3 is 2.54 bits per heavy atom. The van der Waals surface area contributed by atoms with E-state index < -0.39 is 0 Å². The highest BCUT2D eigenvalue weighted by Crippen LogP contribution is 2.25. The first-order chi connectivity index (χ1) is 12.5. The van der Waals surface area contributed by atoms with E-state index >= 15 is 0 Å². The Labute approximate surface area is 153 Å². The van der Waals surface area contributed by atoms with Crippen LogP contribution in [-0.2, 0) is 13.2 Å². The molecule has 132 valence electrons. The highest BCUT2D eigenvalue weighted by molar-refractivity contribution is 5.55. The summed E-state index contributed by atoms with van der Waals surface area (Å²) in [5, 5.41) is 13.9. The summed E-state index contributed by atoms with van der Waals surface area (Å²) in [6, 6.07) is 16.4. The summed E-state index contributed by atoms with van der Waals surface area (Å²) in [6.45, 7) is 6.97. The van der Waals surface area contributed by atoms with E-state index in [1.165, 1.54) is 5.56 Å². The number of rotatable bonds is 5. The quantitative estimate of drug-likeness (QED) is 0.760. The summed E-state index contributed by atoms with van der Waals surface area (Å²) < 4.78 is 7.47. The third-order valence-electron chi connectivity index (χ3n) is 4.52. The minimum Gasteiger partial charge on any atom is -0.471 e. The molecule has 0 atom stereocenters. The van der Waals surface area contributed by atoms with Gasteiger partial charge in [-0.05, 0) is 43.0 Å². The van der Waals surface area contributed by atoms with E-state index in [-0.39, 0.29) is 11.4 Å². The fraction of sp³-hybridized carbons (Fsp3) is 0.238. The number of anilines is 1. The van der Waals surface area contributed by atoms with Crippen molar-refractivity contribution in [1.29, 1.82) is 5.26 Å². The van der Waals surface area contributed by atoms with Crippen molar-refractivity contribution in [3.8, 4) is 11.9 Å². The number of aryl methyl sites for hydroxylation is 3. The Bertz CT molecular complexity index is 982. The molecule has 2 N–H and O–H groups in total. The van der Waals surface area contributed by atoms with Crippen LogP contribution in [0.25, 0.3) is 0 Å². The molecule has 5 heteroatoms. The van der Waals surface area contributed by atoms with Gasteiger partial charge >= 0.3 is 0 Å². The molecule has 26 heavy (non-hydrogen) atoms. The zero-order valence-corrected chi connectivity index (χ0v) is 15.3. The Hall–Kier alpha value is -3.26. The van der Waals surface area contributed by atoms with Crippen LogP contribution in [0.3, 0.4) is 0 Å². The minimum absolute atomic E-state index is 0.277. The van der Waals surface area contributed by atoms with Crippen molar-refractivity contribution in [3.05, 3.63) is 75.8 Å². The molecule has 0 aliphatic rings. The van der Waals surface area contributed by atoms with Gasteiger partial charge < -0.3 is 10.5 Å². The van der Waals surface area contributed by atoms with Crippen molar-refractivity contribution < 1.29 is 4.74 Å². The number of nitriles is 1. The lowest BCUT2D eigenvalue weighted by atomic mass is 10.1. The fourth-order valence-corrected chi connectivity index (χ4v) is 2.83. The second-order valence-corrected chi connectivity index (χ2v) is 6.48. The van der Waals surface area contributed by atoms with E-state index in [1.54, 1.807) is 4.68 Å². The average molecular weight is 346 g/mol. The SMILES string of the molecule is Cc1ccc(C)c(COc2nn(Cc3ccccc3C)c(N)c2C#N)c1. The molecule has 1 aromatic heterocycles. The van der Waals surface area contributed by atoms with Crippen LogP contribution in [0.4, 0.5) is 5.82 Å². The van der Waals surface area contributed by atoms with Crippen LogP contribution < -0.4 is 10.5 Å². The van der Waals surface area contributed by atoms with Crippen LogP contribution in [0.5, 0.6) is 5.88 Å². The molecule has 5 nitrogen and oxygen atoms in total. The van der Waals surface area contributed by atoms with E-state index in [1.807, 2.05) is 45.0 Å². The van der Waals surface area contributed by atoms with Gasteiger partial charge in [0.1, 0.15) is 18.5 Å². The predicted octanol–water partition coefficient (Wildman–Crippen LogP) is 3.89. The molecular formula is C21H22N4O. The van der Waals surface area contributed by atoms with Gasteiger partial charge in [-0.1, -0.05) is 48.0 Å². The topological polar surface area (TPSA) is 76.9 Å². The van der Waals surface area contributed by atoms with Crippen LogP contribution in [0.2, 0.25) is 0 Å². The molecule has 0 radical (unpaired) electrons. The number of hydrogen-bond donors (Lipinski definition) is 1. The Balaban J connectivity index is 1.85. The van der Waals surface area contributed by atoms with Gasteiger partial charge in [0, 0.05) is 0 Å². The average Bonchev–Trinajstić information content (AvgIpc) is 2.92. The third-order valence-corrected chi connectivity index (χ3v) is 4.52. The summed E-state index contributed by atoms with van der Waals surface area (Å²) in [7, 11) is 0. The lowest BCUT2D eigenvalue weighted by Crippen LogP contribution is -2.07. The van der Waals surface area contributed by atoms with Gasteiger partial charge in [0.25, 0.3) is 5.88 Å². The summed E-state index contributed by atoms with van der Waals surface area (Å²) in [5.74, 6) is 0.603. The number of nitrogen functional groups attached to an aromatic ring is 1. The monoisotopic (exact) mass is 346 g/mol. The van der Waals surface area contributed by atoms with Gasteiger partial charge in [0.05, 0.1) is 6.54 Å². The van der Waals surface area contributed by atoms with Crippen molar-refractivity contribution in [2.75, 3.05) is 5.73 Å². The zero-order chi connectivity index (χ0) is 18.7. The molecule has 0 saturated carbocycles. The number of ether oxygens (including phenoxy) is 1. The molecule has 0 fully saturated rings. The number of benzene rings is 2. The van der Waals surface area contributed by atoms with Crippen LogP contribution in [0, 0.1) is 32.1 Å². The van der Waals surface area contributed by atoms with E-state index in [0.717, 1.165) is 22.3 Å². The first kappa shape index (κ1) is 17.6. The van der Waals surface area contributed by atoms with E-state index in [0.29, 0.717) is 19.0 Å². The maximum atomic E-state index is 9.47. The van der Waals surface area contributed by atoms with Crippen molar-refractivity contribution in [1.82, 2.24) is 9.78 Å². The van der Waals surface area contributed by atoms with Crippen molar-refractivity contribution in [3.63, 3.8) is 0 Å². The van der Waals surface area contributed by atoms with Gasteiger partial charge in [-0.15, -0.1) is 5.10 Å². The molecule has 1 heterocycles. The van der Waals surface area contributed by atoms with E-state index in [2.05, 4.69) is 29.4 Å². The van der Waals surface area contributed by atoms with Gasteiger partial charge in [-0.25, -0.2) is 4.68 Å². The maximum absolute atomic E-state index is 9.47. The molecule has 0 saturated heterocycles. The van der Waals surface area contributed by atoms with Gasteiger partial charge in [0.2, 0.25) is 0 Å². The standard InChI is InChI=1S/C21H22N4O/c1-14-8-9-16(3)18(10-14)13-26-21-19(11-22)20(23)25(24-21)12-17-7-5-4-6-15(17)2/h4-10H,12-13,23H2,1-3H3. The predicted molar refractivity (Wildman–Crippen MR) is 102 cm³/mol. The number of aromatic nitrogens is 2. The molecule has 0 aliphatic carbocycles. The Morgan fingerprint density at radius 2 is 1.81 bits per heavy atom. The first-order valence-electron chi connectivity index (χ1n) is 8.49. The zero-order valence-electron chi connectivity index (χ0n) is 15.3. The molecule has 0 unspecified atom stereocenters. The molecular weight excluding hydrogens is 324 g/mol. The summed E-state index contributed by atoms with van der Waals surface area (Å²) in [6.07, 6.45) is 0. The summed E-state index contributed by atoms with van der Waals surface area (Å²) in [4.78, 5) is 0. The van der Waals surface area contributed by atoms with Crippen LogP contribution in [0.15, 0.2) is 42.5 Å². The molecule has 0 aliphatic heterocycles. The van der Waals surface area contributed by atoms with Gasteiger partial charge in [-0.2, -0.15) is 5.26 Å². The van der Waals surface area contributed by atoms with Crippen LogP contribution in [-0.4, -0.2) is 9.78 Å².